The van der Waals surface area contributed by atoms with Gasteiger partial charge in [0.15, 0.2) is 5.78 Å². The molecule has 0 aliphatic carbocycles. The maximum Gasteiger partial charge on any atom is 0.174 e. The zero-order valence-electron chi connectivity index (χ0n) is 10.4. The molecule has 0 atom stereocenters. The molecule has 2 aromatic carbocycles. The summed E-state index contributed by atoms with van der Waals surface area (Å²) in [5, 5.41) is 0. The lowest BCUT2D eigenvalue weighted by Crippen LogP contribution is -2.14. The van der Waals surface area contributed by atoms with Crippen LogP contribution in [0.25, 0.3) is 0 Å². The lowest BCUT2D eigenvalue weighted by Gasteiger charge is -2.08. The summed E-state index contributed by atoms with van der Waals surface area (Å²) < 4.78 is 5.52. The molecular formula is C16H16O2. The van der Waals surface area contributed by atoms with Crippen LogP contribution in [0.15, 0.2) is 54.6 Å². The summed E-state index contributed by atoms with van der Waals surface area (Å²) in [6.45, 7) is 2.09. The Morgan fingerprint density at radius 1 is 1.00 bits per heavy atom. The van der Waals surface area contributed by atoms with E-state index in [1.165, 1.54) is 0 Å². The first-order valence-electron chi connectivity index (χ1n) is 6.00. The molecule has 0 aromatic heterocycles. The lowest BCUT2D eigenvalue weighted by atomic mass is 10.1. The number of rotatable bonds is 5. The average Bonchev–Trinajstić information content (AvgIpc) is 2.39. The predicted octanol–water partition coefficient (Wildman–Crippen LogP) is 3.19. The maximum atomic E-state index is 11.8. The van der Waals surface area contributed by atoms with Crippen molar-refractivity contribution in [3.05, 3.63) is 65.7 Å². The fourth-order valence-electron chi connectivity index (χ4n) is 1.75. The standard InChI is InChI=1S/C16H16O2/c1-13-7-5-6-10-16(13)18-12-15(17)11-14-8-3-2-4-9-14/h2-10H,11-12H2,1H3. The van der Waals surface area contributed by atoms with Crippen LogP contribution in [-0.2, 0) is 11.2 Å². The normalized spacial score (nSPS) is 10.1. The molecule has 0 aliphatic rings. The summed E-state index contributed by atoms with van der Waals surface area (Å²) >= 11 is 0. The molecule has 0 saturated carbocycles. The van der Waals surface area contributed by atoms with E-state index >= 15 is 0 Å². The van der Waals surface area contributed by atoms with E-state index in [0.29, 0.717) is 6.42 Å². The van der Waals surface area contributed by atoms with E-state index in [4.69, 9.17) is 4.74 Å². The Bertz CT molecular complexity index is 518. The lowest BCUT2D eigenvalue weighted by molar-refractivity contribution is -0.120. The number of hydrogen-bond donors (Lipinski definition) is 0. The van der Waals surface area contributed by atoms with Gasteiger partial charge in [-0.1, -0.05) is 48.5 Å². The van der Waals surface area contributed by atoms with Gasteiger partial charge in [0.2, 0.25) is 0 Å². The number of aryl methyl sites for hydroxylation is 1. The van der Waals surface area contributed by atoms with Crippen LogP contribution >= 0.6 is 0 Å². The second-order valence-electron chi connectivity index (χ2n) is 4.26. The van der Waals surface area contributed by atoms with Crippen molar-refractivity contribution < 1.29 is 9.53 Å². The number of ketones is 1. The molecular weight excluding hydrogens is 224 g/mol. The summed E-state index contributed by atoms with van der Waals surface area (Å²) in [6.07, 6.45) is 0.423. The van der Waals surface area contributed by atoms with Gasteiger partial charge in [-0.3, -0.25) is 4.79 Å². The molecule has 0 bridgehead atoms. The van der Waals surface area contributed by atoms with Crippen LogP contribution < -0.4 is 4.74 Å². The van der Waals surface area contributed by atoms with Crippen LogP contribution in [0.5, 0.6) is 5.75 Å². The SMILES string of the molecule is Cc1ccccc1OCC(=O)Cc1ccccc1. The van der Waals surface area contributed by atoms with Crippen molar-refractivity contribution >= 4 is 5.78 Å². The van der Waals surface area contributed by atoms with Crippen molar-refractivity contribution in [1.82, 2.24) is 0 Å². The molecule has 0 aliphatic heterocycles. The fourth-order valence-corrected chi connectivity index (χ4v) is 1.75. The van der Waals surface area contributed by atoms with Crippen molar-refractivity contribution in [2.24, 2.45) is 0 Å². The van der Waals surface area contributed by atoms with Gasteiger partial charge in [0, 0.05) is 6.42 Å². The molecule has 0 unspecified atom stereocenters. The topological polar surface area (TPSA) is 26.3 Å². The molecule has 92 valence electrons. The molecule has 0 amide bonds. The first-order valence-corrected chi connectivity index (χ1v) is 6.00. The quantitative estimate of drug-likeness (QED) is 0.802. The van der Waals surface area contributed by atoms with E-state index in [1.54, 1.807) is 0 Å². The molecule has 2 aromatic rings. The molecule has 0 spiro atoms. The highest BCUT2D eigenvalue weighted by Crippen LogP contribution is 2.16. The Balaban J connectivity index is 1.88. The van der Waals surface area contributed by atoms with E-state index in [-0.39, 0.29) is 12.4 Å². The Kier molecular flexibility index (Phi) is 4.13. The molecule has 0 radical (unpaired) electrons. The monoisotopic (exact) mass is 240 g/mol. The van der Waals surface area contributed by atoms with Crippen LogP contribution in [0.2, 0.25) is 0 Å². The molecule has 0 N–H and O–H groups in total. The van der Waals surface area contributed by atoms with Crippen LogP contribution in [-0.4, -0.2) is 12.4 Å². The number of carbonyl (C=O) groups is 1. The third kappa shape index (κ3) is 3.45. The summed E-state index contributed by atoms with van der Waals surface area (Å²) in [6, 6.07) is 17.4. The highest BCUT2D eigenvalue weighted by molar-refractivity contribution is 5.82. The maximum absolute atomic E-state index is 11.8. The van der Waals surface area contributed by atoms with Crippen molar-refractivity contribution in [3.8, 4) is 5.75 Å². The van der Waals surface area contributed by atoms with Gasteiger partial charge >= 0.3 is 0 Å². The van der Waals surface area contributed by atoms with Crippen LogP contribution in [0, 0.1) is 6.92 Å². The van der Waals surface area contributed by atoms with E-state index < -0.39 is 0 Å². The first-order chi connectivity index (χ1) is 8.75. The summed E-state index contributed by atoms with van der Waals surface area (Å²) in [5.41, 5.74) is 2.07. The Hall–Kier alpha value is -2.09. The van der Waals surface area contributed by atoms with Gasteiger partial charge < -0.3 is 4.74 Å². The third-order valence-electron chi connectivity index (χ3n) is 2.73. The van der Waals surface area contributed by atoms with Gasteiger partial charge in [-0.25, -0.2) is 0 Å². The Morgan fingerprint density at radius 2 is 1.67 bits per heavy atom. The van der Waals surface area contributed by atoms with Gasteiger partial charge in [-0.2, -0.15) is 0 Å². The minimum Gasteiger partial charge on any atom is -0.486 e. The van der Waals surface area contributed by atoms with Gasteiger partial charge in [0.25, 0.3) is 0 Å². The zero-order valence-corrected chi connectivity index (χ0v) is 10.4. The second kappa shape index (κ2) is 6.01. The van der Waals surface area contributed by atoms with Crippen LogP contribution in [0.4, 0.5) is 0 Å². The second-order valence-corrected chi connectivity index (χ2v) is 4.26. The summed E-state index contributed by atoms with van der Waals surface area (Å²) in [4.78, 5) is 11.8. The molecule has 18 heavy (non-hydrogen) atoms. The summed E-state index contributed by atoms with van der Waals surface area (Å²) in [7, 11) is 0. The Labute approximate surface area is 107 Å². The van der Waals surface area contributed by atoms with Crippen molar-refractivity contribution in [2.45, 2.75) is 13.3 Å². The molecule has 0 saturated heterocycles. The van der Waals surface area contributed by atoms with Gasteiger partial charge in [-0.05, 0) is 24.1 Å². The average molecular weight is 240 g/mol. The van der Waals surface area contributed by atoms with E-state index in [9.17, 15) is 4.79 Å². The number of ether oxygens (including phenoxy) is 1. The molecule has 0 fully saturated rings. The minimum absolute atomic E-state index is 0.0875. The Morgan fingerprint density at radius 3 is 2.39 bits per heavy atom. The highest BCUT2D eigenvalue weighted by Gasteiger charge is 2.05. The van der Waals surface area contributed by atoms with Crippen LogP contribution in [0.3, 0.4) is 0 Å². The summed E-state index contributed by atoms with van der Waals surface area (Å²) in [5.74, 6) is 0.864. The number of carbonyl (C=O) groups excluding carboxylic acids is 1. The highest BCUT2D eigenvalue weighted by atomic mass is 16.5. The van der Waals surface area contributed by atoms with Crippen molar-refractivity contribution in [1.29, 1.82) is 0 Å². The number of para-hydroxylation sites is 1. The van der Waals surface area contributed by atoms with Crippen LogP contribution in [0.1, 0.15) is 11.1 Å². The zero-order chi connectivity index (χ0) is 12.8. The minimum atomic E-state index is 0.0875. The predicted molar refractivity (Wildman–Crippen MR) is 71.8 cm³/mol. The smallest absolute Gasteiger partial charge is 0.174 e. The molecule has 2 nitrogen and oxygen atoms in total. The van der Waals surface area contributed by atoms with E-state index in [0.717, 1.165) is 16.9 Å². The molecule has 2 rings (SSSR count). The number of Topliss-reactive ketones (excluding diaryl/α,β-unsaturated/α-hetero) is 1. The van der Waals surface area contributed by atoms with E-state index in [1.807, 2.05) is 61.5 Å². The third-order valence-corrected chi connectivity index (χ3v) is 2.73. The van der Waals surface area contributed by atoms with Crippen molar-refractivity contribution in [2.75, 3.05) is 6.61 Å². The first kappa shape index (κ1) is 12.4. The van der Waals surface area contributed by atoms with Crippen molar-refractivity contribution in [3.63, 3.8) is 0 Å². The molecule has 0 heterocycles. The molecule has 2 heteroatoms. The number of benzene rings is 2. The largest absolute Gasteiger partial charge is 0.486 e. The van der Waals surface area contributed by atoms with Gasteiger partial charge in [-0.15, -0.1) is 0 Å². The van der Waals surface area contributed by atoms with Gasteiger partial charge in [0.1, 0.15) is 12.4 Å². The number of hydrogen-bond acceptors (Lipinski definition) is 2. The van der Waals surface area contributed by atoms with Gasteiger partial charge in [0.05, 0.1) is 0 Å². The van der Waals surface area contributed by atoms with E-state index in [2.05, 4.69) is 0 Å². The fraction of sp³-hybridized carbons (Fsp3) is 0.188.